The number of carbonyl (C=O) groups is 2. The van der Waals surface area contributed by atoms with Crippen LogP contribution in [-0.2, 0) is 16.1 Å². The third-order valence-electron chi connectivity index (χ3n) is 4.13. The molecule has 2 amide bonds. The number of rotatable bonds is 3. The van der Waals surface area contributed by atoms with Crippen LogP contribution in [0.25, 0.3) is 0 Å². The van der Waals surface area contributed by atoms with Crippen molar-refractivity contribution in [3.63, 3.8) is 0 Å². The van der Waals surface area contributed by atoms with E-state index in [2.05, 4.69) is 6.30 Å². The molecule has 3 rings (SSSR count). The van der Waals surface area contributed by atoms with E-state index in [1.54, 1.807) is 9.57 Å². The summed E-state index contributed by atoms with van der Waals surface area (Å²) < 4.78 is 7.00. The highest BCUT2D eigenvalue weighted by atomic mass is 31.1. The Labute approximate surface area is 125 Å². The van der Waals surface area contributed by atoms with Gasteiger partial charge in [-0.05, 0) is 18.4 Å². The highest BCUT2D eigenvalue weighted by Crippen LogP contribution is 2.41. The van der Waals surface area contributed by atoms with Crippen molar-refractivity contribution in [2.24, 2.45) is 0 Å². The Balaban J connectivity index is 1.65. The Morgan fingerprint density at radius 2 is 2.14 bits per heavy atom. The first-order valence-corrected chi connectivity index (χ1v) is 7.97. The summed E-state index contributed by atoms with van der Waals surface area (Å²) in [6, 6.07) is 9.54. The van der Waals surface area contributed by atoms with Gasteiger partial charge in [-0.1, -0.05) is 36.6 Å². The van der Waals surface area contributed by atoms with E-state index in [4.69, 9.17) is 4.74 Å². The summed E-state index contributed by atoms with van der Waals surface area (Å²) in [5.41, 5.74) is 0.273. The molecule has 0 aromatic heterocycles. The second-order valence-electron chi connectivity index (χ2n) is 5.33. The molecule has 21 heavy (non-hydrogen) atoms. The highest BCUT2D eigenvalue weighted by molar-refractivity contribution is 7.35. The van der Waals surface area contributed by atoms with Crippen LogP contribution in [-0.4, -0.2) is 46.5 Å². The van der Waals surface area contributed by atoms with Crippen LogP contribution in [0.15, 0.2) is 30.3 Å². The zero-order valence-corrected chi connectivity index (χ0v) is 12.6. The lowest BCUT2D eigenvalue weighted by atomic mass is 9.88. The molecule has 2 heterocycles. The van der Waals surface area contributed by atoms with Gasteiger partial charge in [0.2, 0.25) is 0 Å². The lowest BCUT2D eigenvalue weighted by Crippen LogP contribution is -2.70. The van der Waals surface area contributed by atoms with Gasteiger partial charge in [0.05, 0.1) is 6.54 Å². The molecule has 0 N–H and O–H groups in total. The third kappa shape index (κ3) is 2.32. The zero-order chi connectivity index (χ0) is 14.9. The molecule has 0 radical (unpaired) electrons. The first kappa shape index (κ1) is 14.1. The van der Waals surface area contributed by atoms with Crippen molar-refractivity contribution >= 4 is 26.7 Å². The Morgan fingerprint density at radius 3 is 2.81 bits per heavy atom. The van der Waals surface area contributed by atoms with E-state index in [-0.39, 0.29) is 12.5 Å². The number of carbonyl (C=O) groups excluding carboxylic acids is 2. The van der Waals surface area contributed by atoms with Crippen molar-refractivity contribution in [2.45, 2.75) is 25.0 Å². The summed E-state index contributed by atoms with van der Waals surface area (Å²) in [5, 5.41) is 0. The summed E-state index contributed by atoms with van der Waals surface area (Å²) in [6.07, 6.45) is 4.86. The van der Waals surface area contributed by atoms with E-state index in [0.717, 1.165) is 18.4 Å². The van der Waals surface area contributed by atoms with Gasteiger partial charge >= 0.3 is 6.09 Å². The van der Waals surface area contributed by atoms with Gasteiger partial charge < -0.3 is 4.74 Å². The molecule has 1 aromatic carbocycles. The molecular weight excluding hydrogens is 287 g/mol. The minimum absolute atomic E-state index is 0.00618. The van der Waals surface area contributed by atoms with Crippen LogP contribution in [0.1, 0.15) is 18.4 Å². The number of likely N-dealkylation sites (tertiary alicyclic amines) is 1. The number of β-lactam (4-membered cyclic amide) rings is 1. The molecule has 0 saturated carbocycles. The number of hydrogen-bond donors (Lipinski definition) is 0. The van der Waals surface area contributed by atoms with Crippen molar-refractivity contribution in [2.75, 3.05) is 13.1 Å². The molecule has 0 aliphatic carbocycles. The normalized spacial score (nSPS) is 24.5. The summed E-state index contributed by atoms with van der Waals surface area (Å²) >= 11 is 0. The molecule has 2 aliphatic rings. The minimum atomic E-state index is -0.668. The number of nitrogens with zero attached hydrogens (tertiary/aromatic N) is 2. The molecule has 1 atom stereocenters. The highest BCUT2D eigenvalue weighted by Gasteiger charge is 2.59. The Hall–Kier alpha value is -1.87. The Kier molecular flexibility index (Phi) is 3.68. The van der Waals surface area contributed by atoms with Gasteiger partial charge in [0.1, 0.15) is 12.1 Å². The molecular formula is C15H17N2O3P. The monoisotopic (exact) mass is 304 g/mol. The average Bonchev–Trinajstić information content (AvgIpc) is 2.97. The van der Waals surface area contributed by atoms with Crippen molar-refractivity contribution in [3.8, 4) is 0 Å². The van der Waals surface area contributed by atoms with Crippen LogP contribution in [0.2, 0.25) is 0 Å². The fourth-order valence-electron chi connectivity index (χ4n) is 2.98. The fraction of sp³-hybridized carbons (Fsp3) is 0.400. The molecule has 2 aliphatic heterocycles. The van der Waals surface area contributed by atoms with Crippen LogP contribution >= 0.6 is 8.35 Å². The van der Waals surface area contributed by atoms with E-state index in [0.29, 0.717) is 21.4 Å². The van der Waals surface area contributed by atoms with E-state index in [9.17, 15) is 9.59 Å². The summed E-state index contributed by atoms with van der Waals surface area (Å²) in [6.45, 7) is 1.39. The summed E-state index contributed by atoms with van der Waals surface area (Å²) in [7, 11) is 0.688. The minimum Gasteiger partial charge on any atom is -0.445 e. The van der Waals surface area contributed by atoms with Crippen molar-refractivity contribution in [3.05, 3.63) is 35.9 Å². The van der Waals surface area contributed by atoms with Gasteiger partial charge in [-0.3, -0.25) is 14.4 Å². The average molecular weight is 304 g/mol. The Morgan fingerprint density at radius 1 is 1.38 bits per heavy atom. The second-order valence-corrected chi connectivity index (χ2v) is 6.10. The molecule has 1 unspecified atom stereocenters. The SMILES string of the molecule is C=PN1CC2(CCCN2C(=O)OCc2ccccc2)C1=O. The first-order chi connectivity index (χ1) is 10.2. The van der Waals surface area contributed by atoms with E-state index < -0.39 is 11.6 Å². The number of benzene rings is 1. The molecule has 0 bridgehead atoms. The molecule has 2 fully saturated rings. The number of amides is 2. The predicted octanol–water partition coefficient (Wildman–Crippen LogP) is 2.29. The van der Waals surface area contributed by atoms with E-state index in [1.165, 1.54) is 0 Å². The van der Waals surface area contributed by atoms with Crippen LogP contribution in [0.5, 0.6) is 0 Å². The van der Waals surface area contributed by atoms with Crippen molar-refractivity contribution in [1.82, 2.24) is 9.57 Å². The van der Waals surface area contributed by atoms with Crippen molar-refractivity contribution in [1.29, 1.82) is 0 Å². The standard InChI is InChI=1S/C15H17N2O3P/c1-21-17-11-15(13(17)18)8-5-9-16(15)14(19)20-10-12-6-3-2-4-7-12/h2-4,6-7H,1,5,8-11H2. The summed E-state index contributed by atoms with van der Waals surface area (Å²) in [4.78, 5) is 26.1. The van der Waals surface area contributed by atoms with Crippen LogP contribution in [0, 0.1) is 0 Å². The largest absolute Gasteiger partial charge is 0.445 e. The lowest BCUT2D eigenvalue weighted by Gasteiger charge is -2.48. The number of ether oxygens (including phenoxy) is 1. The van der Waals surface area contributed by atoms with Gasteiger partial charge in [0.15, 0.2) is 0 Å². The third-order valence-corrected chi connectivity index (χ3v) is 4.79. The first-order valence-electron chi connectivity index (χ1n) is 6.94. The van der Waals surface area contributed by atoms with Crippen LogP contribution in [0.4, 0.5) is 4.79 Å². The van der Waals surface area contributed by atoms with Crippen LogP contribution in [0.3, 0.4) is 0 Å². The van der Waals surface area contributed by atoms with Gasteiger partial charge in [-0.2, -0.15) is 0 Å². The predicted molar refractivity (Wildman–Crippen MR) is 81.1 cm³/mol. The fourth-order valence-corrected chi connectivity index (χ4v) is 3.63. The Bertz CT molecular complexity index is 578. The molecule has 6 heteroatoms. The smallest absolute Gasteiger partial charge is 0.411 e. The topological polar surface area (TPSA) is 49.9 Å². The maximum absolute atomic E-state index is 12.3. The van der Waals surface area contributed by atoms with Crippen LogP contribution < -0.4 is 0 Å². The van der Waals surface area contributed by atoms with E-state index in [1.807, 2.05) is 30.3 Å². The lowest BCUT2D eigenvalue weighted by molar-refractivity contribution is -0.150. The second kappa shape index (κ2) is 5.49. The molecule has 110 valence electrons. The molecule has 5 nitrogen and oxygen atoms in total. The zero-order valence-electron chi connectivity index (χ0n) is 11.7. The molecule has 1 spiro atoms. The molecule has 1 aromatic rings. The van der Waals surface area contributed by atoms with Gasteiger partial charge in [0, 0.05) is 14.9 Å². The maximum atomic E-state index is 12.3. The van der Waals surface area contributed by atoms with E-state index >= 15 is 0 Å². The quantitative estimate of drug-likeness (QED) is 0.636. The maximum Gasteiger partial charge on any atom is 0.411 e. The van der Waals surface area contributed by atoms with Crippen molar-refractivity contribution < 1.29 is 14.3 Å². The van der Waals surface area contributed by atoms with Gasteiger partial charge in [-0.25, -0.2) is 4.79 Å². The molecule has 2 saturated heterocycles. The number of hydrogen-bond acceptors (Lipinski definition) is 3. The van der Waals surface area contributed by atoms with Gasteiger partial charge in [-0.15, -0.1) is 0 Å². The summed E-state index contributed by atoms with van der Waals surface area (Å²) in [5.74, 6) is -0.00618. The van der Waals surface area contributed by atoms with Gasteiger partial charge in [0.25, 0.3) is 5.91 Å².